The van der Waals surface area contributed by atoms with E-state index < -0.39 is 0 Å². The smallest absolute Gasteiger partial charge is 0.137 e. The van der Waals surface area contributed by atoms with Crippen molar-refractivity contribution in [2.24, 2.45) is 0 Å². The van der Waals surface area contributed by atoms with Gasteiger partial charge in [0.15, 0.2) is 0 Å². The summed E-state index contributed by atoms with van der Waals surface area (Å²) in [6.07, 6.45) is 1.66. The maximum Gasteiger partial charge on any atom is 0.137 e. The number of hydrogen-bond acceptors (Lipinski definition) is 3. The zero-order chi connectivity index (χ0) is 12.0. The highest BCUT2D eigenvalue weighted by molar-refractivity contribution is 6.32. The van der Waals surface area contributed by atoms with Gasteiger partial charge >= 0.3 is 0 Å². The zero-order valence-corrected chi connectivity index (χ0v) is 10.4. The van der Waals surface area contributed by atoms with Crippen molar-refractivity contribution in [3.05, 3.63) is 28.8 Å². The number of rotatable bonds is 6. The molecule has 3 nitrogen and oxygen atoms in total. The average Bonchev–Trinajstić information content (AvgIpc) is 2.30. The van der Waals surface area contributed by atoms with E-state index in [0.29, 0.717) is 10.8 Å². The van der Waals surface area contributed by atoms with Crippen LogP contribution >= 0.6 is 11.6 Å². The Morgan fingerprint density at radius 3 is 2.75 bits per heavy atom. The molecule has 0 aliphatic carbocycles. The van der Waals surface area contributed by atoms with E-state index in [4.69, 9.17) is 21.4 Å². The molecule has 1 aromatic rings. The standard InChI is InChI=1S/C12H18ClNO2/c1-14-11(4-3-7-15)9-5-6-12(16-2)10(13)8-9/h5-6,8,11,14-15H,3-4,7H2,1-2H3. The van der Waals surface area contributed by atoms with Gasteiger partial charge in [-0.15, -0.1) is 0 Å². The van der Waals surface area contributed by atoms with Crippen molar-refractivity contribution >= 4 is 11.6 Å². The Morgan fingerprint density at radius 2 is 2.25 bits per heavy atom. The quantitative estimate of drug-likeness (QED) is 0.806. The molecule has 0 aliphatic rings. The third-order valence-corrected chi connectivity index (χ3v) is 2.87. The molecule has 2 N–H and O–H groups in total. The Kier molecular flexibility index (Phi) is 5.60. The van der Waals surface area contributed by atoms with Gasteiger partial charge in [0.05, 0.1) is 12.1 Å². The third kappa shape index (κ3) is 3.37. The molecule has 0 saturated heterocycles. The molecule has 1 rings (SSSR count). The Hall–Kier alpha value is -0.770. The Bertz CT molecular complexity index is 331. The summed E-state index contributed by atoms with van der Waals surface area (Å²) in [6, 6.07) is 5.97. The zero-order valence-electron chi connectivity index (χ0n) is 9.66. The molecule has 0 saturated carbocycles. The second-order valence-electron chi connectivity index (χ2n) is 3.60. The van der Waals surface area contributed by atoms with Crippen LogP contribution in [-0.2, 0) is 0 Å². The van der Waals surface area contributed by atoms with Crippen molar-refractivity contribution in [1.82, 2.24) is 5.32 Å². The molecule has 1 atom stereocenters. The van der Waals surface area contributed by atoms with E-state index in [1.165, 1.54) is 0 Å². The summed E-state index contributed by atoms with van der Waals surface area (Å²) in [4.78, 5) is 0. The fourth-order valence-electron chi connectivity index (χ4n) is 1.67. The maximum atomic E-state index is 8.82. The number of nitrogens with one attached hydrogen (secondary N) is 1. The highest BCUT2D eigenvalue weighted by Crippen LogP contribution is 2.28. The van der Waals surface area contributed by atoms with Crippen LogP contribution in [0, 0.1) is 0 Å². The lowest BCUT2D eigenvalue weighted by molar-refractivity contribution is 0.276. The average molecular weight is 244 g/mol. The van der Waals surface area contributed by atoms with Crippen LogP contribution in [0.5, 0.6) is 5.75 Å². The Morgan fingerprint density at radius 1 is 1.50 bits per heavy atom. The van der Waals surface area contributed by atoms with E-state index in [2.05, 4.69) is 5.32 Å². The van der Waals surface area contributed by atoms with Gasteiger partial charge in [0.25, 0.3) is 0 Å². The molecule has 90 valence electrons. The fraction of sp³-hybridized carbons (Fsp3) is 0.500. The molecule has 16 heavy (non-hydrogen) atoms. The second-order valence-corrected chi connectivity index (χ2v) is 4.01. The first-order valence-electron chi connectivity index (χ1n) is 5.34. The van der Waals surface area contributed by atoms with Crippen molar-refractivity contribution in [2.75, 3.05) is 20.8 Å². The number of aliphatic hydroxyl groups excluding tert-OH is 1. The van der Waals surface area contributed by atoms with E-state index in [1.54, 1.807) is 7.11 Å². The van der Waals surface area contributed by atoms with E-state index in [9.17, 15) is 0 Å². The van der Waals surface area contributed by atoms with Gasteiger partial charge in [-0.3, -0.25) is 0 Å². The summed E-state index contributed by atoms with van der Waals surface area (Å²) in [5.41, 5.74) is 1.11. The van der Waals surface area contributed by atoms with Gasteiger partial charge < -0.3 is 15.2 Å². The van der Waals surface area contributed by atoms with Crippen LogP contribution in [0.3, 0.4) is 0 Å². The predicted octanol–water partition coefficient (Wildman–Crippen LogP) is 2.38. The third-order valence-electron chi connectivity index (χ3n) is 2.58. The summed E-state index contributed by atoms with van der Waals surface area (Å²) in [5, 5.41) is 12.6. The lowest BCUT2D eigenvalue weighted by Gasteiger charge is -2.17. The van der Waals surface area contributed by atoms with Crippen LogP contribution < -0.4 is 10.1 Å². The number of hydrogen-bond donors (Lipinski definition) is 2. The molecule has 0 amide bonds. The molecule has 0 aromatic heterocycles. The van der Waals surface area contributed by atoms with Gasteiger partial charge in [0.2, 0.25) is 0 Å². The van der Waals surface area contributed by atoms with Crippen LogP contribution in [0.1, 0.15) is 24.4 Å². The van der Waals surface area contributed by atoms with E-state index in [-0.39, 0.29) is 12.6 Å². The van der Waals surface area contributed by atoms with Crippen molar-refractivity contribution in [3.8, 4) is 5.75 Å². The van der Waals surface area contributed by atoms with E-state index in [0.717, 1.165) is 18.4 Å². The largest absolute Gasteiger partial charge is 0.495 e. The van der Waals surface area contributed by atoms with Gasteiger partial charge in [0.1, 0.15) is 5.75 Å². The Balaban J connectivity index is 2.80. The van der Waals surface area contributed by atoms with Gasteiger partial charge in [0, 0.05) is 12.6 Å². The first-order chi connectivity index (χ1) is 7.72. The summed E-state index contributed by atoms with van der Waals surface area (Å²) in [6.45, 7) is 0.210. The van der Waals surface area contributed by atoms with Crippen molar-refractivity contribution in [1.29, 1.82) is 0 Å². The summed E-state index contributed by atoms with van der Waals surface area (Å²) >= 11 is 6.06. The Labute approximate surface area is 101 Å². The highest BCUT2D eigenvalue weighted by atomic mass is 35.5. The maximum absolute atomic E-state index is 8.82. The van der Waals surface area contributed by atoms with Gasteiger partial charge in [-0.2, -0.15) is 0 Å². The minimum atomic E-state index is 0.210. The summed E-state index contributed by atoms with van der Waals surface area (Å²) in [7, 11) is 3.50. The van der Waals surface area contributed by atoms with Crippen LogP contribution in [-0.4, -0.2) is 25.9 Å². The van der Waals surface area contributed by atoms with E-state index in [1.807, 2.05) is 25.2 Å². The molecular weight excluding hydrogens is 226 g/mol. The van der Waals surface area contributed by atoms with Crippen LogP contribution in [0.25, 0.3) is 0 Å². The molecule has 1 aromatic carbocycles. The second kappa shape index (κ2) is 6.74. The lowest BCUT2D eigenvalue weighted by atomic mass is 10.0. The molecule has 0 radical (unpaired) electrons. The molecule has 0 fully saturated rings. The molecule has 0 heterocycles. The SMILES string of the molecule is CNC(CCCO)c1ccc(OC)c(Cl)c1. The van der Waals surface area contributed by atoms with Crippen molar-refractivity contribution in [3.63, 3.8) is 0 Å². The highest BCUT2D eigenvalue weighted by Gasteiger charge is 2.10. The number of benzene rings is 1. The molecule has 0 aliphatic heterocycles. The molecule has 0 bridgehead atoms. The van der Waals surface area contributed by atoms with Gasteiger partial charge in [-0.05, 0) is 37.6 Å². The monoisotopic (exact) mass is 243 g/mol. The number of halogens is 1. The minimum Gasteiger partial charge on any atom is -0.495 e. The van der Waals surface area contributed by atoms with Crippen LogP contribution in [0.4, 0.5) is 0 Å². The van der Waals surface area contributed by atoms with E-state index >= 15 is 0 Å². The van der Waals surface area contributed by atoms with Crippen LogP contribution in [0.2, 0.25) is 5.02 Å². The normalized spacial score (nSPS) is 12.5. The molecule has 1 unspecified atom stereocenters. The first kappa shape index (κ1) is 13.3. The number of aliphatic hydroxyl groups is 1. The predicted molar refractivity (Wildman–Crippen MR) is 66.1 cm³/mol. The van der Waals surface area contributed by atoms with Crippen molar-refractivity contribution < 1.29 is 9.84 Å². The van der Waals surface area contributed by atoms with Gasteiger partial charge in [-0.25, -0.2) is 0 Å². The summed E-state index contributed by atoms with van der Waals surface area (Å²) < 4.78 is 5.10. The van der Waals surface area contributed by atoms with Crippen molar-refractivity contribution in [2.45, 2.75) is 18.9 Å². The molecule has 4 heteroatoms. The minimum absolute atomic E-state index is 0.210. The molecular formula is C12H18ClNO2. The van der Waals surface area contributed by atoms with Gasteiger partial charge in [-0.1, -0.05) is 17.7 Å². The lowest BCUT2D eigenvalue weighted by Crippen LogP contribution is -2.16. The number of methoxy groups -OCH3 is 1. The molecule has 0 spiro atoms. The first-order valence-corrected chi connectivity index (χ1v) is 5.72. The van der Waals surface area contributed by atoms with Crippen LogP contribution in [0.15, 0.2) is 18.2 Å². The fourth-order valence-corrected chi connectivity index (χ4v) is 1.94. The topological polar surface area (TPSA) is 41.5 Å². The number of ether oxygens (including phenoxy) is 1. The summed E-state index contributed by atoms with van der Waals surface area (Å²) in [5.74, 6) is 0.683.